The van der Waals surface area contributed by atoms with E-state index in [4.69, 9.17) is 4.42 Å². The summed E-state index contributed by atoms with van der Waals surface area (Å²) >= 11 is 1.42. The molecule has 0 fully saturated rings. The number of anilines is 1. The Morgan fingerprint density at radius 1 is 1.10 bits per heavy atom. The highest BCUT2D eigenvalue weighted by molar-refractivity contribution is 7.90. The fraction of sp³-hybridized carbons (Fsp3) is 0.182. The van der Waals surface area contributed by atoms with Gasteiger partial charge in [0.2, 0.25) is 0 Å². The number of hydrogen-bond donors (Lipinski definition) is 0. The minimum atomic E-state index is -3.43. The summed E-state index contributed by atoms with van der Waals surface area (Å²) in [4.78, 5) is 19.7. The number of benzene rings is 2. The first-order chi connectivity index (χ1) is 14.2. The third kappa shape index (κ3) is 4.01. The zero-order chi connectivity index (χ0) is 21.5. The number of fused-ring (bicyclic) bond motifs is 1. The molecule has 0 bridgehead atoms. The molecule has 0 aliphatic carbocycles. The fourth-order valence-corrected chi connectivity index (χ4v) is 4.79. The van der Waals surface area contributed by atoms with Crippen LogP contribution in [0, 0.1) is 13.8 Å². The zero-order valence-electron chi connectivity index (χ0n) is 16.7. The Morgan fingerprint density at radius 2 is 1.87 bits per heavy atom. The molecule has 4 aromatic rings. The van der Waals surface area contributed by atoms with E-state index in [1.807, 2.05) is 19.9 Å². The Morgan fingerprint density at radius 3 is 2.57 bits per heavy atom. The van der Waals surface area contributed by atoms with Crippen LogP contribution in [0.5, 0.6) is 0 Å². The van der Waals surface area contributed by atoms with Gasteiger partial charge in [-0.2, -0.15) is 0 Å². The van der Waals surface area contributed by atoms with E-state index in [-0.39, 0.29) is 22.9 Å². The van der Waals surface area contributed by atoms with Crippen LogP contribution >= 0.6 is 11.3 Å². The fourth-order valence-electron chi connectivity index (χ4n) is 3.08. The van der Waals surface area contributed by atoms with Crippen molar-refractivity contribution in [1.82, 2.24) is 4.98 Å². The van der Waals surface area contributed by atoms with Gasteiger partial charge in [0.1, 0.15) is 5.76 Å². The maximum absolute atomic E-state index is 13.4. The van der Waals surface area contributed by atoms with Crippen LogP contribution in [0.2, 0.25) is 0 Å². The van der Waals surface area contributed by atoms with Gasteiger partial charge in [-0.1, -0.05) is 17.4 Å². The predicted molar refractivity (Wildman–Crippen MR) is 118 cm³/mol. The van der Waals surface area contributed by atoms with E-state index in [1.54, 1.807) is 30.5 Å². The van der Waals surface area contributed by atoms with Crippen LogP contribution in [0.4, 0.5) is 5.13 Å². The van der Waals surface area contributed by atoms with Crippen molar-refractivity contribution in [2.24, 2.45) is 0 Å². The van der Waals surface area contributed by atoms with E-state index in [0.717, 1.165) is 27.6 Å². The average molecular weight is 441 g/mol. The highest BCUT2D eigenvalue weighted by Gasteiger charge is 2.24. The summed E-state index contributed by atoms with van der Waals surface area (Å²) in [5, 5.41) is 0.529. The van der Waals surface area contributed by atoms with Crippen molar-refractivity contribution in [3.05, 3.63) is 77.2 Å². The second-order valence-electron chi connectivity index (χ2n) is 7.17. The highest BCUT2D eigenvalue weighted by atomic mass is 32.2. The molecule has 1 amide bonds. The van der Waals surface area contributed by atoms with Gasteiger partial charge in [-0.25, -0.2) is 13.4 Å². The second-order valence-corrected chi connectivity index (χ2v) is 10.2. The third-order valence-corrected chi connectivity index (χ3v) is 7.02. The molecule has 0 atom stereocenters. The number of aryl methyl sites for hydroxylation is 2. The van der Waals surface area contributed by atoms with E-state index >= 15 is 0 Å². The van der Waals surface area contributed by atoms with Crippen LogP contribution in [0.15, 0.2) is 64.1 Å². The molecule has 2 heterocycles. The summed E-state index contributed by atoms with van der Waals surface area (Å²) in [7, 11) is -3.43. The molecule has 0 aliphatic heterocycles. The van der Waals surface area contributed by atoms with Crippen LogP contribution in [0.3, 0.4) is 0 Å². The molecular weight excluding hydrogens is 420 g/mol. The minimum absolute atomic E-state index is 0.0989. The van der Waals surface area contributed by atoms with Gasteiger partial charge >= 0.3 is 0 Å². The van der Waals surface area contributed by atoms with Crippen LogP contribution in [-0.4, -0.2) is 25.6 Å². The van der Waals surface area contributed by atoms with Crippen molar-refractivity contribution in [3.63, 3.8) is 0 Å². The molecule has 0 spiro atoms. The van der Waals surface area contributed by atoms with Crippen molar-refractivity contribution in [2.75, 3.05) is 11.2 Å². The Bertz CT molecular complexity index is 1300. The number of rotatable bonds is 5. The molecule has 30 heavy (non-hydrogen) atoms. The number of amides is 1. The first kappa shape index (κ1) is 20.3. The monoisotopic (exact) mass is 440 g/mol. The average Bonchev–Trinajstić information content (AvgIpc) is 3.35. The van der Waals surface area contributed by atoms with E-state index in [9.17, 15) is 13.2 Å². The van der Waals surface area contributed by atoms with Gasteiger partial charge in [0.15, 0.2) is 15.0 Å². The zero-order valence-corrected chi connectivity index (χ0v) is 18.4. The largest absolute Gasteiger partial charge is 0.467 e. The molecule has 0 saturated carbocycles. The summed E-state index contributed by atoms with van der Waals surface area (Å²) < 4.78 is 30.3. The van der Waals surface area contributed by atoms with Crippen molar-refractivity contribution in [1.29, 1.82) is 0 Å². The SMILES string of the molecule is Cc1cc2nc(N(Cc3ccco3)C(=O)c3cccc(S(C)(=O)=O)c3)sc2cc1C. The molecule has 8 heteroatoms. The van der Waals surface area contributed by atoms with Gasteiger partial charge in [0.05, 0.1) is 27.9 Å². The van der Waals surface area contributed by atoms with Crippen LogP contribution in [-0.2, 0) is 16.4 Å². The molecule has 0 N–H and O–H groups in total. The number of nitrogens with zero attached hydrogens (tertiary/aromatic N) is 2. The smallest absolute Gasteiger partial charge is 0.260 e. The molecular formula is C22H20N2O4S2. The predicted octanol–water partition coefficient (Wildman–Crippen LogP) is 4.76. The Balaban J connectivity index is 1.80. The lowest BCUT2D eigenvalue weighted by molar-refractivity contribution is 0.0983. The maximum atomic E-state index is 13.4. The quantitative estimate of drug-likeness (QED) is 0.447. The Kier molecular flexibility index (Phi) is 5.21. The van der Waals surface area contributed by atoms with Crippen molar-refractivity contribution < 1.29 is 17.6 Å². The first-order valence-corrected chi connectivity index (χ1v) is 12.0. The summed E-state index contributed by atoms with van der Waals surface area (Å²) in [5.74, 6) is 0.263. The molecule has 0 saturated heterocycles. The lowest BCUT2D eigenvalue weighted by Gasteiger charge is -2.19. The maximum Gasteiger partial charge on any atom is 0.260 e. The van der Waals surface area contributed by atoms with Crippen LogP contribution < -0.4 is 4.90 Å². The number of aromatic nitrogens is 1. The number of carbonyl (C=O) groups is 1. The van der Waals surface area contributed by atoms with Crippen LogP contribution in [0.25, 0.3) is 10.2 Å². The number of hydrogen-bond acceptors (Lipinski definition) is 6. The van der Waals surface area contributed by atoms with Gasteiger partial charge < -0.3 is 4.42 Å². The van der Waals surface area contributed by atoms with Gasteiger partial charge in [-0.15, -0.1) is 0 Å². The van der Waals surface area contributed by atoms with Crippen LogP contribution in [0.1, 0.15) is 27.2 Å². The first-order valence-electron chi connectivity index (χ1n) is 9.24. The van der Waals surface area contributed by atoms with Gasteiger partial charge in [-0.3, -0.25) is 9.69 Å². The number of thiazole rings is 1. The number of furan rings is 1. The number of sulfone groups is 1. The Labute approximate surface area is 178 Å². The molecule has 2 aromatic carbocycles. The van der Waals surface area contributed by atoms with Gasteiger partial charge in [0.25, 0.3) is 5.91 Å². The molecule has 0 radical (unpaired) electrons. The van der Waals surface area contributed by atoms with Crippen molar-refractivity contribution in [2.45, 2.75) is 25.3 Å². The Hall–Kier alpha value is -2.97. The molecule has 0 unspecified atom stereocenters. The lowest BCUT2D eigenvalue weighted by atomic mass is 10.1. The normalized spacial score (nSPS) is 11.7. The molecule has 2 aromatic heterocycles. The lowest BCUT2D eigenvalue weighted by Crippen LogP contribution is -2.30. The van der Waals surface area contributed by atoms with Gasteiger partial charge in [0, 0.05) is 11.8 Å². The van der Waals surface area contributed by atoms with E-state index in [2.05, 4.69) is 11.1 Å². The van der Waals surface area contributed by atoms with Gasteiger partial charge in [-0.05, 0) is 67.4 Å². The molecule has 154 valence electrons. The topological polar surface area (TPSA) is 80.5 Å². The van der Waals surface area contributed by atoms with Crippen molar-refractivity contribution in [3.8, 4) is 0 Å². The minimum Gasteiger partial charge on any atom is -0.467 e. The van der Waals surface area contributed by atoms with E-state index < -0.39 is 9.84 Å². The molecule has 0 aliphatic rings. The highest BCUT2D eigenvalue weighted by Crippen LogP contribution is 2.32. The van der Waals surface area contributed by atoms with Crippen molar-refractivity contribution >= 4 is 42.4 Å². The standard InChI is InChI=1S/C22H20N2O4S2/c1-14-10-19-20(11-15(14)2)29-22(23-19)24(13-17-7-5-9-28-17)21(25)16-6-4-8-18(12-16)30(3,26)27/h4-12H,13H2,1-3H3. The summed E-state index contributed by atoms with van der Waals surface area (Å²) in [5.41, 5.74) is 3.38. The third-order valence-electron chi connectivity index (χ3n) is 4.87. The summed E-state index contributed by atoms with van der Waals surface area (Å²) in [6.45, 7) is 4.25. The number of carbonyl (C=O) groups excluding carboxylic acids is 1. The molecule has 6 nitrogen and oxygen atoms in total. The van der Waals surface area contributed by atoms with E-state index in [1.165, 1.54) is 28.4 Å². The second kappa shape index (κ2) is 7.70. The molecule has 4 rings (SSSR count). The van der Waals surface area contributed by atoms with E-state index in [0.29, 0.717) is 10.9 Å². The summed E-state index contributed by atoms with van der Waals surface area (Å²) in [6, 6.07) is 13.7. The summed E-state index contributed by atoms with van der Waals surface area (Å²) in [6.07, 6.45) is 2.67.